The molecule has 5 unspecified atom stereocenters. The van der Waals surface area contributed by atoms with Crippen LogP contribution in [0.4, 0.5) is 5.82 Å². The summed E-state index contributed by atoms with van der Waals surface area (Å²) in [7, 11) is -1.49. The Morgan fingerprint density at radius 1 is 1.20 bits per heavy atom. The number of rotatable bonds is 16. The van der Waals surface area contributed by atoms with Crippen LogP contribution in [0.15, 0.2) is 42.5 Å². The molecule has 1 aromatic carbocycles. The van der Waals surface area contributed by atoms with Crippen LogP contribution in [0, 0.1) is 17.8 Å². The smallest absolute Gasteiger partial charge is 0.281 e. The number of fused-ring (bicyclic) bond motifs is 1. The highest BCUT2D eigenvalue weighted by Gasteiger charge is 2.39. The van der Waals surface area contributed by atoms with Gasteiger partial charge in [0, 0.05) is 48.4 Å². The fourth-order valence-corrected chi connectivity index (χ4v) is 8.45. The van der Waals surface area contributed by atoms with Crippen LogP contribution < -0.4 is 20.1 Å². The second-order valence-corrected chi connectivity index (χ2v) is 16.6. The zero-order chi connectivity index (χ0) is 35.6. The molecule has 11 heteroatoms. The third-order valence-electron chi connectivity index (χ3n) is 10.6. The number of pyridine rings is 1. The Morgan fingerprint density at radius 3 is 2.76 bits per heavy atom. The first-order chi connectivity index (χ1) is 24.2. The number of aryl methyl sites for hydroxylation is 1. The van der Waals surface area contributed by atoms with Gasteiger partial charge in [0.1, 0.15) is 16.7 Å². The van der Waals surface area contributed by atoms with Crippen molar-refractivity contribution in [1.82, 2.24) is 14.6 Å². The van der Waals surface area contributed by atoms with Gasteiger partial charge in [-0.2, -0.15) is 0 Å². The van der Waals surface area contributed by atoms with E-state index in [0.717, 1.165) is 82.9 Å². The second-order valence-electron chi connectivity index (χ2n) is 14.4. The molecular weight excluding hydrogens is 670 g/mol. The van der Waals surface area contributed by atoms with E-state index in [1.807, 2.05) is 26.0 Å². The average Bonchev–Trinajstić information content (AvgIpc) is 3.28. The molecule has 3 N–H and O–H groups in total. The maximum Gasteiger partial charge on any atom is 0.281 e. The highest BCUT2D eigenvalue weighted by molar-refractivity contribution is 7.84. The molecule has 276 valence electrons. The first-order valence-corrected chi connectivity index (χ1v) is 20.4. The number of halogens is 1. The van der Waals surface area contributed by atoms with Gasteiger partial charge < -0.3 is 20.1 Å². The molecule has 1 aliphatic carbocycles. The van der Waals surface area contributed by atoms with Gasteiger partial charge in [-0.3, -0.25) is 14.4 Å². The lowest BCUT2D eigenvalue weighted by Gasteiger charge is -2.44. The predicted molar refractivity (Wildman–Crippen MR) is 204 cm³/mol. The zero-order valence-electron chi connectivity index (χ0n) is 30.5. The summed E-state index contributed by atoms with van der Waals surface area (Å²) in [6.07, 6.45) is 12.5. The van der Waals surface area contributed by atoms with E-state index in [9.17, 15) is 9.00 Å². The fraction of sp³-hybridized carbons (Fsp3) is 0.641. The summed E-state index contributed by atoms with van der Waals surface area (Å²) in [5, 5.41) is 0.553. The normalized spacial score (nSPS) is 23.9. The van der Waals surface area contributed by atoms with Crippen molar-refractivity contribution in [1.29, 1.82) is 0 Å². The molecule has 2 aliphatic heterocycles. The summed E-state index contributed by atoms with van der Waals surface area (Å²) in [6.45, 7) is 14.2. The van der Waals surface area contributed by atoms with E-state index >= 15 is 0 Å². The Hall–Kier alpha value is -2.50. The summed E-state index contributed by atoms with van der Waals surface area (Å²) >= 11 is 6.47. The molecule has 2 aromatic rings. The summed E-state index contributed by atoms with van der Waals surface area (Å²) in [5.74, 6) is 2.60. The Kier molecular flexibility index (Phi) is 14.6. The van der Waals surface area contributed by atoms with Crippen molar-refractivity contribution in [3.8, 4) is 5.75 Å². The molecule has 1 aromatic heterocycles. The Labute approximate surface area is 307 Å². The lowest BCUT2D eigenvalue weighted by molar-refractivity contribution is -0.00544. The molecule has 1 saturated carbocycles. The van der Waals surface area contributed by atoms with Crippen molar-refractivity contribution in [2.24, 2.45) is 23.5 Å². The van der Waals surface area contributed by atoms with E-state index in [1.165, 1.54) is 17.5 Å². The molecule has 9 nitrogen and oxygen atoms in total. The highest BCUT2D eigenvalue weighted by Crippen LogP contribution is 2.45. The molecule has 1 amide bonds. The van der Waals surface area contributed by atoms with Crippen LogP contribution in [0.25, 0.3) is 0 Å². The average molecular weight is 728 g/mol. The van der Waals surface area contributed by atoms with Gasteiger partial charge >= 0.3 is 0 Å². The molecule has 0 radical (unpaired) electrons. The van der Waals surface area contributed by atoms with Gasteiger partial charge in [0.05, 0.1) is 19.8 Å². The zero-order valence-corrected chi connectivity index (χ0v) is 32.0. The number of aromatic nitrogens is 1. The van der Waals surface area contributed by atoms with Gasteiger partial charge in [0.25, 0.3) is 5.91 Å². The number of ether oxygens (including phenoxy) is 2. The fourth-order valence-electron chi connectivity index (χ4n) is 7.73. The number of anilines is 1. The van der Waals surface area contributed by atoms with Crippen molar-refractivity contribution >= 4 is 34.3 Å². The van der Waals surface area contributed by atoms with Crippen LogP contribution in [-0.4, -0.2) is 83.8 Å². The molecule has 1 saturated heterocycles. The molecule has 0 spiro atoms. The maximum atomic E-state index is 13.2. The third-order valence-corrected chi connectivity index (χ3v) is 12.1. The number of hydrogen-bond donors (Lipinski definition) is 2. The number of allylic oxidation sites excluding steroid dienone is 2. The summed E-state index contributed by atoms with van der Waals surface area (Å²) in [5.41, 5.74) is 8.82. The van der Waals surface area contributed by atoms with Crippen LogP contribution in [0.5, 0.6) is 5.75 Å². The van der Waals surface area contributed by atoms with Crippen molar-refractivity contribution in [2.45, 2.75) is 89.9 Å². The maximum absolute atomic E-state index is 13.2. The first kappa shape index (κ1) is 38.7. The van der Waals surface area contributed by atoms with Crippen molar-refractivity contribution in [3.63, 3.8) is 0 Å². The van der Waals surface area contributed by atoms with E-state index in [2.05, 4.69) is 52.7 Å². The Bertz CT molecular complexity index is 1470. The van der Waals surface area contributed by atoms with E-state index in [-0.39, 0.29) is 16.9 Å². The van der Waals surface area contributed by atoms with E-state index in [4.69, 9.17) is 31.8 Å². The summed E-state index contributed by atoms with van der Waals surface area (Å²) in [6, 6.07) is 10.1. The third kappa shape index (κ3) is 9.88. The SMILES string of the molecule is CC/C=C/[C@@H](CCCN1CCOCC1CN)C1CCC1CN1CC(c2ccc(Cl)cc2CCC)COc2ccc(C(=O)NS(=O)C(C)C)nc21. The topological polar surface area (TPSA) is 110 Å². The van der Waals surface area contributed by atoms with E-state index < -0.39 is 16.9 Å². The number of benzene rings is 1. The molecule has 3 heterocycles. The molecule has 6 atom stereocenters. The van der Waals surface area contributed by atoms with Gasteiger partial charge in [-0.05, 0) is 112 Å². The molecular formula is C39H58ClN5O4S. The van der Waals surface area contributed by atoms with Gasteiger partial charge in [0.2, 0.25) is 0 Å². The highest BCUT2D eigenvalue weighted by atomic mass is 35.5. The first-order valence-electron chi connectivity index (χ1n) is 18.8. The van der Waals surface area contributed by atoms with Gasteiger partial charge in [-0.1, -0.05) is 50.1 Å². The minimum Gasteiger partial charge on any atom is -0.489 e. The van der Waals surface area contributed by atoms with Crippen LogP contribution in [0.2, 0.25) is 5.02 Å². The molecule has 0 bridgehead atoms. The van der Waals surface area contributed by atoms with Crippen molar-refractivity contribution < 1.29 is 18.5 Å². The van der Waals surface area contributed by atoms with Gasteiger partial charge in [0.15, 0.2) is 11.6 Å². The number of morpholine rings is 1. The Balaban J connectivity index is 1.39. The van der Waals surface area contributed by atoms with E-state index in [1.54, 1.807) is 6.07 Å². The number of hydrogen-bond acceptors (Lipinski definition) is 8. The largest absolute Gasteiger partial charge is 0.489 e. The molecule has 5 rings (SSSR count). The van der Waals surface area contributed by atoms with Crippen molar-refractivity contribution in [2.75, 3.05) is 57.4 Å². The molecule has 3 aliphatic rings. The second kappa shape index (κ2) is 18.8. The monoisotopic (exact) mass is 727 g/mol. The quantitative estimate of drug-likeness (QED) is 0.188. The lowest BCUT2D eigenvalue weighted by atomic mass is 9.65. The van der Waals surface area contributed by atoms with E-state index in [0.29, 0.717) is 48.5 Å². The van der Waals surface area contributed by atoms with Gasteiger partial charge in [-0.15, -0.1) is 0 Å². The van der Waals surface area contributed by atoms with Crippen LogP contribution in [-0.2, 0) is 22.1 Å². The molecule has 2 fully saturated rings. The summed E-state index contributed by atoms with van der Waals surface area (Å²) in [4.78, 5) is 23.0. The number of carbonyl (C=O) groups is 1. The number of nitrogens with two attached hydrogens (primary N) is 1. The van der Waals surface area contributed by atoms with Crippen LogP contribution in [0.3, 0.4) is 0 Å². The lowest BCUT2D eigenvalue weighted by Crippen LogP contribution is -2.49. The molecule has 50 heavy (non-hydrogen) atoms. The minimum absolute atomic E-state index is 0.104. The number of amides is 1. The van der Waals surface area contributed by atoms with Crippen molar-refractivity contribution in [3.05, 3.63) is 64.3 Å². The van der Waals surface area contributed by atoms with Crippen LogP contribution in [0.1, 0.15) is 93.8 Å². The number of nitrogens with one attached hydrogen (secondary N) is 1. The number of nitrogens with zero attached hydrogens (tertiary/aromatic N) is 3. The predicted octanol–water partition coefficient (Wildman–Crippen LogP) is 6.52. The Morgan fingerprint density at radius 2 is 2.04 bits per heavy atom. The standard InChI is InChI=1S/C39H58ClN5O4S/c1-5-7-10-28(11-8-18-44-19-20-48-26-33(44)22-41)34-14-12-30(34)23-45-24-31(35-15-13-32(40)21-29(35)9-6-2)25-49-37-17-16-36(42-38(37)45)39(46)43-50(47)27(3)4/h7,10,13,15-17,21,27-28,30-31,33-34H,5-6,8-9,11-12,14,18-20,22-26,41H2,1-4H3,(H,43,46)/b10-7+/t28-,30?,31?,33?,34?,50?/m0/s1. The summed E-state index contributed by atoms with van der Waals surface area (Å²) < 4.78 is 27.3. The van der Waals surface area contributed by atoms with Gasteiger partial charge in [-0.25, -0.2) is 9.19 Å². The van der Waals surface area contributed by atoms with Crippen LogP contribution >= 0.6 is 11.6 Å². The number of carbonyl (C=O) groups excluding carboxylic acids is 1. The minimum atomic E-state index is -1.49.